The van der Waals surface area contributed by atoms with Crippen molar-refractivity contribution >= 4 is 35.9 Å². The van der Waals surface area contributed by atoms with E-state index in [9.17, 15) is 4.79 Å². The number of benzene rings is 1. The quantitative estimate of drug-likeness (QED) is 0.174. The molecule has 0 atom stereocenters. The number of carbonyl (C=O) groups is 1. The first-order valence-corrected chi connectivity index (χ1v) is 8.53. The van der Waals surface area contributed by atoms with Crippen LogP contribution in [0.25, 0.3) is 0 Å². The van der Waals surface area contributed by atoms with Gasteiger partial charge in [0.15, 0.2) is 5.96 Å². The van der Waals surface area contributed by atoms with Crippen LogP contribution >= 0.6 is 24.0 Å². The minimum Gasteiger partial charge on any atom is -0.492 e. The summed E-state index contributed by atoms with van der Waals surface area (Å²) in [4.78, 5) is 15.5. The Balaban J connectivity index is 0.00000576. The van der Waals surface area contributed by atoms with Gasteiger partial charge in [-0.25, -0.2) is 0 Å². The molecular weight excluding hydrogens is 433 g/mol. The van der Waals surface area contributed by atoms with Crippen LogP contribution < -0.4 is 15.4 Å². The third-order valence-corrected chi connectivity index (χ3v) is 3.29. The number of nitrogens with one attached hydrogen (secondary N) is 2. The van der Waals surface area contributed by atoms with Gasteiger partial charge >= 0.3 is 5.97 Å². The Bertz CT molecular complexity index is 484. The summed E-state index contributed by atoms with van der Waals surface area (Å²) in [6, 6.07) is 9.75. The van der Waals surface area contributed by atoms with E-state index in [1.54, 1.807) is 0 Å². The minimum atomic E-state index is -0.146. The van der Waals surface area contributed by atoms with Crippen molar-refractivity contribution in [3.63, 3.8) is 0 Å². The summed E-state index contributed by atoms with van der Waals surface area (Å²) in [5, 5.41) is 6.46. The maximum Gasteiger partial charge on any atom is 0.305 e. The van der Waals surface area contributed by atoms with Gasteiger partial charge in [0.2, 0.25) is 0 Å². The van der Waals surface area contributed by atoms with Crippen LogP contribution in [-0.4, -0.2) is 45.3 Å². The Morgan fingerprint density at radius 1 is 1.12 bits per heavy atom. The molecule has 0 radical (unpaired) electrons. The highest BCUT2D eigenvalue weighted by molar-refractivity contribution is 14.0. The zero-order chi connectivity index (χ0) is 17.5. The molecular formula is C18H30IN3O3. The summed E-state index contributed by atoms with van der Waals surface area (Å²) in [5.74, 6) is 1.51. The zero-order valence-corrected chi connectivity index (χ0v) is 17.5. The number of aliphatic imine (C=N–C) groups is 1. The molecule has 0 spiro atoms. The van der Waals surface area contributed by atoms with Gasteiger partial charge in [0.05, 0.1) is 13.7 Å². The highest BCUT2D eigenvalue weighted by atomic mass is 127. The summed E-state index contributed by atoms with van der Waals surface area (Å²) >= 11 is 0. The van der Waals surface area contributed by atoms with Crippen LogP contribution in [0.2, 0.25) is 0 Å². The largest absolute Gasteiger partial charge is 0.492 e. The molecule has 25 heavy (non-hydrogen) atoms. The molecule has 1 rings (SSSR count). The zero-order valence-electron chi connectivity index (χ0n) is 15.1. The summed E-state index contributed by atoms with van der Waals surface area (Å²) in [5.41, 5.74) is 0. The maximum atomic E-state index is 11.0. The fourth-order valence-electron chi connectivity index (χ4n) is 2.05. The number of para-hydroxylation sites is 1. The van der Waals surface area contributed by atoms with Crippen LogP contribution in [0.4, 0.5) is 0 Å². The molecule has 0 aliphatic heterocycles. The minimum absolute atomic E-state index is 0. The van der Waals surface area contributed by atoms with Gasteiger partial charge in [-0.2, -0.15) is 0 Å². The molecule has 0 aromatic heterocycles. The molecule has 0 fully saturated rings. The van der Waals surface area contributed by atoms with Gasteiger partial charge in [-0.05, 0) is 31.9 Å². The molecule has 0 heterocycles. The van der Waals surface area contributed by atoms with Gasteiger partial charge in [0.1, 0.15) is 12.4 Å². The van der Waals surface area contributed by atoms with E-state index >= 15 is 0 Å². The van der Waals surface area contributed by atoms with E-state index in [4.69, 9.17) is 4.74 Å². The average molecular weight is 463 g/mol. The fourth-order valence-corrected chi connectivity index (χ4v) is 2.05. The van der Waals surface area contributed by atoms with E-state index in [1.165, 1.54) is 7.11 Å². The van der Waals surface area contributed by atoms with Crippen molar-refractivity contribution in [1.29, 1.82) is 0 Å². The molecule has 0 unspecified atom stereocenters. The summed E-state index contributed by atoms with van der Waals surface area (Å²) in [6.45, 7) is 4.84. The number of unbranched alkanes of at least 4 members (excludes halogenated alkanes) is 2. The smallest absolute Gasteiger partial charge is 0.305 e. The molecule has 1 aromatic rings. The Morgan fingerprint density at radius 2 is 1.88 bits per heavy atom. The second-order valence-electron chi connectivity index (χ2n) is 5.24. The van der Waals surface area contributed by atoms with Crippen LogP contribution in [0.3, 0.4) is 0 Å². The number of rotatable bonds is 11. The SMILES string of the molecule is CCNC(=NCCCCCC(=O)OC)NCCOc1ccccc1.I. The van der Waals surface area contributed by atoms with Crippen LogP contribution in [0.15, 0.2) is 35.3 Å². The molecule has 0 bridgehead atoms. The maximum absolute atomic E-state index is 11.0. The van der Waals surface area contributed by atoms with Crippen molar-refractivity contribution in [1.82, 2.24) is 10.6 Å². The highest BCUT2D eigenvalue weighted by Crippen LogP contribution is 2.07. The third kappa shape index (κ3) is 12.5. The number of methoxy groups -OCH3 is 1. The Labute approximate surface area is 167 Å². The first-order chi connectivity index (χ1) is 11.8. The van der Waals surface area contributed by atoms with Gasteiger partial charge in [-0.1, -0.05) is 24.6 Å². The number of carbonyl (C=O) groups excluding carboxylic acids is 1. The lowest BCUT2D eigenvalue weighted by atomic mass is 10.2. The highest BCUT2D eigenvalue weighted by Gasteiger charge is 2.00. The number of guanidine groups is 1. The molecule has 6 nitrogen and oxygen atoms in total. The van der Waals surface area contributed by atoms with E-state index < -0.39 is 0 Å². The van der Waals surface area contributed by atoms with Crippen molar-refractivity contribution in [3.8, 4) is 5.75 Å². The Morgan fingerprint density at radius 3 is 2.56 bits per heavy atom. The van der Waals surface area contributed by atoms with Crippen LogP contribution in [0, 0.1) is 0 Å². The first-order valence-electron chi connectivity index (χ1n) is 8.53. The lowest BCUT2D eigenvalue weighted by Gasteiger charge is -2.12. The Hall–Kier alpha value is -1.51. The summed E-state index contributed by atoms with van der Waals surface area (Å²) in [7, 11) is 1.42. The molecule has 142 valence electrons. The van der Waals surface area contributed by atoms with Crippen molar-refractivity contribution < 1.29 is 14.3 Å². The molecule has 0 amide bonds. The second kappa shape index (κ2) is 16.0. The molecule has 2 N–H and O–H groups in total. The van der Waals surface area contributed by atoms with Gasteiger partial charge in [0.25, 0.3) is 0 Å². The average Bonchev–Trinajstić information content (AvgIpc) is 2.62. The number of hydrogen-bond donors (Lipinski definition) is 2. The van der Waals surface area contributed by atoms with E-state index in [0.29, 0.717) is 19.6 Å². The third-order valence-electron chi connectivity index (χ3n) is 3.29. The Kier molecular flexibility index (Phi) is 15.0. The molecule has 0 saturated carbocycles. The van der Waals surface area contributed by atoms with Gasteiger partial charge in [-0.3, -0.25) is 9.79 Å². The van der Waals surface area contributed by atoms with E-state index in [2.05, 4.69) is 20.4 Å². The van der Waals surface area contributed by atoms with Gasteiger partial charge in [0, 0.05) is 19.5 Å². The predicted molar refractivity (Wildman–Crippen MR) is 112 cm³/mol. The fraction of sp³-hybridized carbons (Fsp3) is 0.556. The first kappa shape index (κ1) is 23.5. The van der Waals surface area contributed by atoms with Crippen LogP contribution in [0.1, 0.15) is 32.6 Å². The van der Waals surface area contributed by atoms with Crippen molar-refractivity contribution in [3.05, 3.63) is 30.3 Å². The monoisotopic (exact) mass is 463 g/mol. The van der Waals surface area contributed by atoms with Crippen molar-refractivity contribution in [2.24, 2.45) is 4.99 Å². The standard InChI is InChI=1S/C18H29N3O3.HI/c1-3-19-18(20-13-9-5-8-12-17(22)23-2)21-14-15-24-16-10-6-4-7-11-16;/h4,6-7,10-11H,3,5,8-9,12-15H2,1-2H3,(H2,19,20,21);1H. The lowest BCUT2D eigenvalue weighted by Crippen LogP contribution is -2.39. The second-order valence-corrected chi connectivity index (χ2v) is 5.24. The number of ether oxygens (including phenoxy) is 2. The molecule has 0 saturated heterocycles. The molecule has 1 aromatic carbocycles. The summed E-state index contributed by atoms with van der Waals surface area (Å²) in [6.07, 6.45) is 3.25. The van der Waals surface area contributed by atoms with E-state index in [-0.39, 0.29) is 29.9 Å². The van der Waals surface area contributed by atoms with E-state index in [0.717, 1.165) is 44.1 Å². The number of esters is 1. The normalized spacial score (nSPS) is 10.6. The van der Waals surface area contributed by atoms with Gasteiger partial charge in [-0.15, -0.1) is 24.0 Å². The summed E-state index contributed by atoms with van der Waals surface area (Å²) < 4.78 is 10.3. The topological polar surface area (TPSA) is 72.0 Å². The number of halogens is 1. The lowest BCUT2D eigenvalue weighted by molar-refractivity contribution is -0.140. The van der Waals surface area contributed by atoms with E-state index in [1.807, 2.05) is 37.3 Å². The van der Waals surface area contributed by atoms with Crippen LogP contribution in [0.5, 0.6) is 5.75 Å². The van der Waals surface area contributed by atoms with Crippen LogP contribution in [-0.2, 0) is 9.53 Å². The van der Waals surface area contributed by atoms with Crippen molar-refractivity contribution in [2.45, 2.75) is 32.6 Å². The molecule has 0 aliphatic carbocycles. The van der Waals surface area contributed by atoms with Gasteiger partial charge < -0.3 is 20.1 Å². The molecule has 0 aliphatic rings. The number of nitrogens with zero attached hydrogens (tertiary/aromatic N) is 1. The predicted octanol–water partition coefficient (Wildman–Crippen LogP) is 2.97. The number of hydrogen-bond acceptors (Lipinski definition) is 4. The molecule has 7 heteroatoms. The van der Waals surface area contributed by atoms with Crippen molar-refractivity contribution in [2.75, 3.05) is 33.4 Å².